The molecule has 0 saturated heterocycles. The van der Waals surface area contributed by atoms with Crippen molar-refractivity contribution < 1.29 is 47.8 Å². The van der Waals surface area contributed by atoms with Crippen LogP contribution in [0, 0.1) is 0 Å². The Balaban J connectivity index is 4.31. The van der Waals surface area contributed by atoms with Crippen molar-refractivity contribution >= 4 is 19.8 Å². The van der Waals surface area contributed by atoms with Crippen LogP contribution < -0.4 is 0 Å². The Labute approximate surface area is 347 Å². The van der Waals surface area contributed by atoms with Crippen LogP contribution in [0.3, 0.4) is 0 Å². The zero-order chi connectivity index (χ0) is 41.9. The van der Waals surface area contributed by atoms with Gasteiger partial charge in [-0.1, -0.05) is 152 Å². The summed E-state index contributed by atoms with van der Waals surface area (Å²) in [6.45, 7) is 2.33. The van der Waals surface area contributed by atoms with Gasteiger partial charge in [0.2, 0.25) is 0 Å². The summed E-state index contributed by atoms with van der Waals surface area (Å²) in [6.07, 6.45) is 45.0. The summed E-state index contributed by atoms with van der Waals surface area (Å²) in [4.78, 5) is 35.0. The van der Waals surface area contributed by atoms with E-state index in [1.807, 2.05) is 0 Å². The maximum absolute atomic E-state index is 12.6. The first-order valence-corrected chi connectivity index (χ1v) is 24.1. The highest BCUT2D eigenvalue weighted by atomic mass is 31.2. The van der Waals surface area contributed by atoms with Gasteiger partial charge >= 0.3 is 19.8 Å². The number of allylic oxidation sites excluding steroid dienone is 8. The Morgan fingerprint density at radius 1 is 0.526 bits per heavy atom. The molecule has 0 fully saturated rings. The summed E-state index contributed by atoms with van der Waals surface area (Å²) in [5.74, 6) is -0.949. The maximum Gasteiger partial charge on any atom is 0.472 e. The summed E-state index contributed by atoms with van der Waals surface area (Å²) in [7, 11) is -4.62. The molecule has 332 valence electrons. The highest BCUT2D eigenvalue weighted by Gasteiger charge is 2.27. The van der Waals surface area contributed by atoms with E-state index in [1.54, 1.807) is 0 Å². The summed E-state index contributed by atoms with van der Waals surface area (Å²) in [6, 6.07) is 0. The van der Waals surface area contributed by atoms with Crippen molar-refractivity contribution in [1.29, 1.82) is 0 Å². The number of ether oxygens (including phenoxy) is 2. The fourth-order valence-corrected chi connectivity index (χ4v) is 6.72. The number of unbranched alkanes of at least 4 members (excludes halogenated alkanes) is 20. The molecule has 0 aromatic heterocycles. The van der Waals surface area contributed by atoms with E-state index >= 15 is 0 Å². The van der Waals surface area contributed by atoms with Crippen molar-refractivity contribution in [3.63, 3.8) is 0 Å². The first kappa shape index (κ1) is 54.9. The average Bonchev–Trinajstić information content (AvgIpc) is 3.20. The summed E-state index contributed by atoms with van der Waals surface area (Å²) in [5, 5.41) is 18.3. The van der Waals surface area contributed by atoms with Crippen LogP contribution in [-0.2, 0) is 32.7 Å². The van der Waals surface area contributed by atoms with Crippen LogP contribution in [0.15, 0.2) is 48.6 Å². The standard InChI is InChI=1S/C46H83O10P/c1-3-5-7-9-11-13-15-17-19-21-22-24-26-28-30-32-34-36-38-46(50)56-44(42-55-57(51,52)54-40-43(48)39-47)41-53-45(49)37-35-33-31-29-27-25-23-20-18-16-14-12-10-8-6-4-2/h13-16,19-21,23,43-44,47-48H,3-12,17-18,22,24-42H2,1-2H3,(H,51,52)/b15-13-,16-14-,21-19-,23-20-. The molecule has 3 N–H and O–H groups in total. The molecule has 3 atom stereocenters. The number of esters is 2. The van der Waals surface area contributed by atoms with E-state index in [1.165, 1.54) is 77.0 Å². The van der Waals surface area contributed by atoms with Crippen molar-refractivity contribution in [2.24, 2.45) is 0 Å². The molecule has 0 spiro atoms. The lowest BCUT2D eigenvalue weighted by Gasteiger charge is -2.20. The molecule has 0 amide bonds. The summed E-state index contributed by atoms with van der Waals surface area (Å²) >= 11 is 0. The number of rotatable bonds is 42. The molecule has 0 aliphatic heterocycles. The van der Waals surface area contributed by atoms with Crippen LogP contribution in [-0.4, -0.2) is 65.7 Å². The quantitative estimate of drug-likeness (QED) is 0.0235. The molecule has 0 bridgehead atoms. The minimum atomic E-state index is -4.62. The number of phosphoric acid groups is 1. The van der Waals surface area contributed by atoms with Gasteiger partial charge in [0.15, 0.2) is 6.10 Å². The SMILES string of the molecule is CCCCCC/C=C\C/C=C\CCCCCCCCCC(=O)OC(COC(=O)CCCCCCC/C=C\C/C=C\CCCCCC)COP(=O)(O)OCC(O)CO. The molecule has 3 unspecified atom stereocenters. The predicted molar refractivity (Wildman–Crippen MR) is 233 cm³/mol. The van der Waals surface area contributed by atoms with E-state index < -0.39 is 51.8 Å². The molecule has 0 heterocycles. The highest BCUT2D eigenvalue weighted by molar-refractivity contribution is 7.47. The zero-order valence-electron chi connectivity index (χ0n) is 36.0. The van der Waals surface area contributed by atoms with Gasteiger partial charge in [-0.25, -0.2) is 4.57 Å². The Kier molecular flexibility index (Phi) is 40.5. The van der Waals surface area contributed by atoms with E-state index in [9.17, 15) is 24.2 Å². The van der Waals surface area contributed by atoms with E-state index in [4.69, 9.17) is 23.6 Å². The van der Waals surface area contributed by atoms with Crippen LogP contribution in [0.1, 0.15) is 194 Å². The number of aliphatic hydroxyl groups excluding tert-OH is 2. The van der Waals surface area contributed by atoms with Crippen molar-refractivity contribution in [2.45, 2.75) is 206 Å². The van der Waals surface area contributed by atoms with E-state index in [2.05, 4.69) is 62.5 Å². The lowest BCUT2D eigenvalue weighted by Crippen LogP contribution is -2.29. The Bertz CT molecular complexity index is 1090. The lowest BCUT2D eigenvalue weighted by atomic mass is 10.1. The Hall–Kier alpha value is -2.07. The monoisotopic (exact) mass is 827 g/mol. The molecule has 0 saturated carbocycles. The second kappa shape index (κ2) is 42.1. The summed E-state index contributed by atoms with van der Waals surface area (Å²) < 4.78 is 32.7. The van der Waals surface area contributed by atoms with Gasteiger partial charge in [-0.15, -0.1) is 0 Å². The molecule has 0 aromatic carbocycles. The second-order valence-electron chi connectivity index (χ2n) is 15.1. The van der Waals surface area contributed by atoms with Crippen molar-refractivity contribution in [2.75, 3.05) is 26.4 Å². The minimum absolute atomic E-state index is 0.171. The van der Waals surface area contributed by atoms with E-state index in [0.717, 1.165) is 77.0 Å². The maximum atomic E-state index is 12.6. The van der Waals surface area contributed by atoms with Crippen LogP contribution in [0.25, 0.3) is 0 Å². The molecule has 0 aliphatic carbocycles. The second-order valence-corrected chi connectivity index (χ2v) is 16.5. The topological polar surface area (TPSA) is 149 Å². The van der Waals surface area contributed by atoms with Crippen molar-refractivity contribution in [3.05, 3.63) is 48.6 Å². The smallest absolute Gasteiger partial charge is 0.462 e. The Morgan fingerprint density at radius 2 is 0.912 bits per heavy atom. The molecule has 0 aromatic rings. The predicted octanol–water partition coefficient (Wildman–Crippen LogP) is 12.1. The number of phosphoric ester groups is 1. The first-order chi connectivity index (χ1) is 27.7. The van der Waals surface area contributed by atoms with E-state index in [-0.39, 0.29) is 19.4 Å². The molecule has 11 heteroatoms. The van der Waals surface area contributed by atoms with Gasteiger partial charge in [0.1, 0.15) is 12.7 Å². The van der Waals surface area contributed by atoms with Gasteiger partial charge in [-0.3, -0.25) is 18.6 Å². The normalized spacial score (nSPS) is 14.3. The molecule has 57 heavy (non-hydrogen) atoms. The fourth-order valence-electron chi connectivity index (χ4n) is 5.94. The third-order valence-electron chi connectivity index (χ3n) is 9.46. The molecular weight excluding hydrogens is 743 g/mol. The fraction of sp³-hybridized carbons (Fsp3) is 0.783. The number of hydrogen-bond acceptors (Lipinski definition) is 9. The molecular formula is C46H83O10P. The van der Waals surface area contributed by atoms with Crippen LogP contribution >= 0.6 is 7.82 Å². The molecule has 0 radical (unpaired) electrons. The van der Waals surface area contributed by atoms with Gasteiger partial charge < -0.3 is 24.6 Å². The van der Waals surface area contributed by atoms with Crippen molar-refractivity contribution in [1.82, 2.24) is 0 Å². The van der Waals surface area contributed by atoms with Crippen LogP contribution in [0.5, 0.6) is 0 Å². The van der Waals surface area contributed by atoms with Crippen molar-refractivity contribution in [3.8, 4) is 0 Å². The van der Waals surface area contributed by atoms with Gasteiger partial charge in [-0.2, -0.15) is 0 Å². The third-order valence-corrected chi connectivity index (χ3v) is 10.4. The number of hydrogen-bond donors (Lipinski definition) is 3. The molecule has 10 nitrogen and oxygen atoms in total. The number of carbonyl (C=O) groups is 2. The number of aliphatic hydroxyl groups is 2. The lowest BCUT2D eigenvalue weighted by molar-refractivity contribution is -0.161. The van der Waals surface area contributed by atoms with E-state index in [0.29, 0.717) is 12.8 Å². The highest BCUT2D eigenvalue weighted by Crippen LogP contribution is 2.43. The van der Waals surface area contributed by atoms with Gasteiger partial charge in [0.25, 0.3) is 0 Å². The zero-order valence-corrected chi connectivity index (χ0v) is 36.9. The molecule has 0 aliphatic rings. The van der Waals surface area contributed by atoms with Gasteiger partial charge in [0.05, 0.1) is 19.8 Å². The van der Waals surface area contributed by atoms with Gasteiger partial charge in [0, 0.05) is 12.8 Å². The van der Waals surface area contributed by atoms with Crippen LogP contribution in [0.4, 0.5) is 0 Å². The largest absolute Gasteiger partial charge is 0.472 e. The Morgan fingerprint density at radius 3 is 1.35 bits per heavy atom. The summed E-state index contributed by atoms with van der Waals surface area (Å²) in [5.41, 5.74) is 0. The number of carbonyl (C=O) groups excluding carboxylic acids is 2. The van der Waals surface area contributed by atoms with Crippen LogP contribution in [0.2, 0.25) is 0 Å². The minimum Gasteiger partial charge on any atom is -0.462 e. The van der Waals surface area contributed by atoms with Gasteiger partial charge in [-0.05, 0) is 77.0 Å². The molecule has 0 rings (SSSR count). The first-order valence-electron chi connectivity index (χ1n) is 22.6. The average molecular weight is 827 g/mol. The third kappa shape index (κ3) is 41.9.